The Kier molecular flexibility index (Phi) is 7.22. The second kappa shape index (κ2) is 9.83. The van der Waals surface area contributed by atoms with Crippen LogP contribution in [0.2, 0.25) is 0 Å². The van der Waals surface area contributed by atoms with E-state index in [1.807, 2.05) is 0 Å². The Morgan fingerprint density at radius 2 is 1.61 bits per heavy atom. The van der Waals surface area contributed by atoms with Crippen molar-refractivity contribution in [1.82, 2.24) is 0 Å². The van der Waals surface area contributed by atoms with Gasteiger partial charge in [0.1, 0.15) is 12.2 Å². The molecular formula is C20H18FN3O4. The van der Waals surface area contributed by atoms with Gasteiger partial charge in [0.15, 0.2) is 6.10 Å². The van der Waals surface area contributed by atoms with E-state index in [0.717, 1.165) is 0 Å². The van der Waals surface area contributed by atoms with Gasteiger partial charge in [0.2, 0.25) is 5.91 Å². The van der Waals surface area contributed by atoms with Gasteiger partial charge in [0, 0.05) is 11.4 Å². The average molecular weight is 383 g/mol. The molecule has 1 atom stereocenters. The van der Waals surface area contributed by atoms with Crippen LogP contribution in [0.4, 0.5) is 15.8 Å². The number of esters is 1. The summed E-state index contributed by atoms with van der Waals surface area (Å²) in [5.41, 5.74) is 1.02. The fourth-order valence-electron chi connectivity index (χ4n) is 2.24. The van der Waals surface area contributed by atoms with Crippen molar-refractivity contribution < 1.29 is 23.5 Å². The van der Waals surface area contributed by atoms with Gasteiger partial charge in [0.25, 0.3) is 5.91 Å². The molecule has 0 spiro atoms. The number of hydrogen-bond acceptors (Lipinski definition) is 5. The van der Waals surface area contributed by atoms with Crippen molar-refractivity contribution in [2.24, 2.45) is 0 Å². The molecule has 2 aromatic rings. The van der Waals surface area contributed by atoms with Gasteiger partial charge >= 0.3 is 5.97 Å². The molecular weight excluding hydrogens is 365 g/mol. The van der Waals surface area contributed by atoms with E-state index in [1.165, 1.54) is 48.5 Å². The number of carbonyl (C=O) groups excluding carboxylic acids is 3. The fourth-order valence-corrected chi connectivity index (χ4v) is 2.24. The number of hydrogen-bond donors (Lipinski definition) is 2. The standard InChI is InChI=1S/C20H18FN3O4/c1-2-17(19(26)24-16-9-5-14(21)6-10-16)28-20(27)13-3-7-15(8-4-13)23-18(25)11-12-22/h3-10,17H,2,11H2,1H3,(H,23,25)(H,24,26)/t17-/m0/s1. The summed E-state index contributed by atoms with van der Waals surface area (Å²) < 4.78 is 18.2. The van der Waals surface area contributed by atoms with E-state index in [0.29, 0.717) is 11.4 Å². The molecule has 28 heavy (non-hydrogen) atoms. The van der Waals surface area contributed by atoms with E-state index in [-0.39, 0.29) is 18.4 Å². The quantitative estimate of drug-likeness (QED) is 0.714. The largest absolute Gasteiger partial charge is 0.449 e. The molecule has 2 amide bonds. The molecule has 0 fully saturated rings. The van der Waals surface area contributed by atoms with Crippen molar-refractivity contribution in [2.45, 2.75) is 25.9 Å². The highest BCUT2D eigenvalue weighted by atomic mass is 19.1. The van der Waals surface area contributed by atoms with Gasteiger partial charge in [-0.05, 0) is 55.0 Å². The average Bonchev–Trinajstić information content (AvgIpc) is 2.68. The minimum Gasteiger partial charge on any atom is -0.449 e. The topological polar surface area (TPSA) is 108 Å². The summed E-state index contributed by atoms with van der Waals surface area (Å²) in [5.74, 6) is -2.11. The van der Waals surface area contributed by atoms with Crippen molar-refractivity contribution in [1.29, 1.82) is 5.26 Å². The van der Waals surface area contributed by atoms with E-state index >= 15 is 0 Å². The normalized spacial score (nSPS) is 11.0. The summed E-state index contributed by atoms with van der Waals surface area (Å²) in [4.78, 5) is 35.9. The van der Waals surface area contributed by atoms with Crippen LogP contribution < -0.4 is 10.6 Å². The number of nitrogens with zero attached hydrogens (tertiary/aromatic N) is 1. The molecule has 2 aromatic carbocycles. The number of rotatable bonds is 7. The lowest BCUT2D eigenvalue weighted by molar-refractivity contribution is -0.124. The number of halogens is 1. The molecule has 0 saturated heterocycles. The maximum Gasteiger partial charge on any atom is 0.338 e. The minimum absolute atomic E-state index is 0.200. The van der Waals surface area contributed by atoms with Crippen LogP contribution in [0.1, 0.15) is 30.1 Å². The van der Waals surface area contributed by atoms with Crippen LogP contribution in [0.15, 0.2) is 48.5 Å². The predicted octanol–water partition coefficient (Wildman–Crippen LogP) is 3.25. The van der Waals surface area contributed by atoms with E-state index in [1.54, 1.807) is 13.0 Å². The third-order valence-electron chi connectivity index (χ3n) is 3.67. The van der Waals surface area contributed by atoms with Gasteiger partial charge in [-0.15, -0.1) is 0 Å². The molecule has 2 N–H and O–H groups in total. The molecule has 8 heteroatoms. The Morgan fingerprint density at radius 1 is 1.04 bits per heavy atom. The van der Waals surface area contributed by atoms with E-state index in [2.05, 4.69) is 10.6 Å². The molecule has 0 aliphatic heterocycles. The van der Waals surface area contributed by atoms with Crippen molar-refractivity contribution >= 4 is 29.2 Å². The summed E-state index contributed by atoms with van der Waals surface area (Å²) in [6.07, 6.45) is -1.04. The second-order valence-corrected chi connectivity index (χ2v) is 5.76. The third kappa shape index (κ3) is 5.92. The molecule has 0 saturated carbocycles. The highest BCUT2D eigenvalue weighted by Crippen LogP contribution is 2.14. The molecule has 0 heterocycles. The molecule has 0 aliphatic rings. The third-order valence-corrected chi connectivity index (χ3v) is 3.67. The summed E-state index contributed by atoms with van der Waals surface area (Å²) in [7, 11) is 0. The van der Waals surface area contributed by atoms with Crippen LogP contribution in [0.3, 0.4) is 0 Å². The Bertz CT molecular complexity index is 889. The molecule has 0 aromatic heterocycles. The first-order valence-corrected chi connectivity index (χ1v) is 8.47. The van der Waals surface area contributed by atoms with Crippen molar-refractivity contribution in [3.8, 4) is 6.07 Å². The Morgan fingerprint density at radius 3 is 2.18 bits per heavy atom. The molecule has 0 radical (unpaired) electrons. The summed E-state index contributed by atoms with van der Waals surface area (Å²) in [6, 6.07) is 12.8. The highest BCUT2D eigenvalue weighted by molar-refractivity contribution is 5.98. The van der Waals surface area contributed by atoms with Crippen molar-refractivity contribution in [3.05, 3.63) is 59.9 Å². The molecule has 2 rings (SSSR count). The number of nitriles is 1. The van der Waals surface area contributed by atoms with Gasteiger partial charge in [-0.3, -0.25) is 9.59 Å². The second-order valence-electron chi connectivity index (χ2n) is 5.76. The number of benzene rings is 2. The van der Waals surface area contributed by atoms with Crippen molar-refractivity contribution in [3.63, 3.8) is 0 Å². The maximum absolute atomic E-state index is 12.9. The first-order chi connectivity index (χ1) is 13.4. The molecule has 0 bridgehead atoms. The Labute approximate surface area is 161 Å². The lowest BCUT2D eigenvalue weighted by Crippen LogP contribution is -2.32. The lowest BCUT2D eigenvalue weighted by Gasteiger charge is -2.16. The Balaban J connectivity index is 1.97. The number of anilines is 2. The highest BCUT2D eigenvalue weighted by Gasteiger charge is 2.22. The van der Waals surface area contributed by atoms with Crippen LogP contribution in [0.25, 0.3) is 0 Å². The predicted molar refractivity (Wildman–Crippen MR) is 99.8 cm³/mol. The van der Waals surface area contributed by atoms with Crippen LogP contribution in [0.5, 0.6) is 0 Å². The Hall–Kier alpha value is -3.73. The number of ether oxygens (including phenoxy) is 1. The molecule has 0 aliphatic carbocycles. The van der Waals surface area contributed by atoms with Gasteiger partial charge in [0.05, 0.1) is 11.6 Å². The van der Waals surface area contributed by atoms with Crippen molar-refractivity contribution in [2.75, 3.05) is 10.6 Å². The fraction of sp³-hybridized carbons (Fsp3) is 0.200. The van der Waals surface area contributed by atoms with Crippen LogP contribution in [0, 0.1) is 17.1 Å². The van der Waals surface area contributed by atoms with Gasteiger partial charge < -0.3 is 15.4 Å². The zero-order valence-electron chi connectivity index (χ0n) is 15.1. The van der Waals surface area contributed by atoms with Crippen LogP contribution in [-0.4, -0.2) is 23.9 Å². The van der Waals surface area contributed by atoms with Gasteiger partial charge in [-0.2, -0.15) is 5.26 Å². The SMILES string of the molecule is CC[C@H](OC(=O)c1ccc(NC(=O)CC#N)cc1)C(=O)Nc1ccc(F)cc1. The summed E-state index contributed by atoms with van der Waals surface area (Å²) in [6.45, 7) is 1.69. The zero-order chi connectivity index (χ0) is 20.5. The monoisotopic (exact) mass is 383 g/mol. The molecule has 0 unspecified atom stereocenters. The summed E-state index contributed by atoms with van der Waals surface area (Å²) >= 11 is 0. The molecule has 144 valence electrons. The van der Waals surface area contributed by atoms with Gasteiger partial charge in [-0.1, -0.05) is 6.92 Å². The zero-order valence-corrected chi connectivity index (χ0v) is 15.1. The van der Waals surface area contributed by atoms with Crippen LogP contribution >= 0.6 is 0 Å². The van der Waals surface area contributed by atoms with E-state index in [9.17, 15) is 18.8 Å². The number of amides is 2. The van der Waals surface area contributed by atoms with Gasteiger partial charge in [-0.25, -0.2) is 9.18 Å². The number of nitrogens with one attached hydrogen (secondary N) is 2. The first kappa shape index (κ1) is 20.6. The lowest BCUT2D eigenvalue weighted by atomic mass is 10.2. The minimum atomic E-state index is -1.02. The number of carbonyl (C=O) groups is 3. The smallest absolute Gasteiger partial charge is 0.338 e. The van der Waals surface area contributed by atoms with Crippen LogP contribution in [-0.2, 0) is 14.3 Å². The maximum atomic E-state index is 12.9. The summed E-state index contributed by atoms with van der Waals surface area (Å²) in [5, 5.41) is 13.5. The van der Waals surface area contributed by atoms with E-state index < -0.39 is 29.7 Å². The molecule has 7 nitrogen and oxygen atoms in total. The van der Waals surface area contributed by atoms with E-state index in [4.69, 9.17) is 10.00 Å². The first-order valence-electron chi connectivity index (χ1n) is 8.47.